The molecule has 4 aliphatic carbocycles. The van der Waals surface area contributed by atoms with E-state index < -0.39 is 5.97 Å². The Labute approximate surface area is 158 Å². The number of hydrogen-bond acceptors (Lipinski definition) is 2. The van der Waals surface area contributed by atoms with Crippen LogP contribution in [0.2, 0.25) is 0 Å². The second-order valence-electron chi connectivity index (χ2n) is 10.8. The Bertz CT molecular complexity index is 560. The van der Waals surface area contributed by atoms with E-state index in [1.165, 1.54) is 44.9 Å². The van der Waals surface area contributed by atoms with Crippen LogP contribution >= 0.6 is 0 Å². The average Bonchev–Trinajstić information content (AvgIpc) is 2.92. The van der Waals surface area contributed by atoms with Gasteiger partial charge in [0.05, 0.1) is 6.10 Å². The summed E-state index contributed by atoms with van der Waals surface area (Å²) >= 11 is 0. The molecule has 3 heteroatoms. The van der Waals surface area contributed by atoms with Gasteiger partial charge in [-0.3, -0.25) is 4.79 Å². The van der Waals surface area contributed by atoms with Crippen molar-refractivity contribution in [2.75, 3.05) is 0 Å². The number of carbonyl (C=O) groups is 1. The highest BCUT2D eigenvalue weighted by Gasteiger charge is 2.62. The lowest BCUT2D eigenvalue weighted by Gasteiger charge is -2.62. The van der Waals surface area contributed by atoms with Gasteiger partial charge in [-0.2, -0.15) is 0 Å². The zero-order valence-corrected chi connectivity index (χ0v) is 16.9. The zero-order valence-electron chi connectivity index (χ0n) is 16.9. The molecule has 0 saturated heterocycles. The number of rotatable bonds is 3. The number of carboxylic acid groups (broad SMARTS) is 1. The van der Waals surface area contributed by atoms with Crippen molar-refractivity contribution in [1.29, 1.82) is 0 Å². The van der Waals surface area contributed by atoms with Crippen LogP contribution in [0.4, 0.5) is 0 Å². The standard InChI is InChI=1S/C23H38O3/c1-14(12-20(25)26)16-7-8-17-21-18(9-11-23(16,17)3)22(2)10-5-4-6-15(22)13-19(21)24/h14-19,21,24H,4-13H2,1-3H3,(H,25,26)/t14?,15?,16-,17?,18?,19+,21?,22+,23-/m1/s1. The van der Waals surface area contributed by atoms with Crippen molar-refractivity contribution in [3.8, 4) is 0 Å². The van der Waals surface area contributed by atoms with Gasteiger partial charge in [0.25, 0.3) is 0 Å². The number of fused-ring (bicyclic) bond motifs is 5. The number of aliphatic hydroxyl groups is 1. The van der Waals surface area contributed by atoms with E-state index in [-0.39, 0.29) is 17.4 Å². The molecule has 0 aromatic rings. The summed E-state index contributed by atoms with van der Waals surface area (Å²) in [7, 11) is 0. The minimum absolute atomic E-state index is 0.130. The Morgan fingerprint density at radius 3 is 2.50 bits per heavy atom. The molecule has 0 spiro atoms. The first-order valence-corrected chi connectivity index (χ1v) is 11.2. The smallest absolute Gasteiger partial charge is 0.303 e. The van der Waals surface area contributed by atoms with Crippen LogP contribution in [0.25, 0.3) is 0 Å². The second-order valence-corrected chi connectivity index (χ2v) is 10.8. The monoisotopic (exact) mass is 362 g/mol. The van der Waals surface area contributed by atoms with Crippen LogP contribution in [0.15, 0.2) is 0 Å². The van der Waals surface area contributed by atoms with Gasteiger partial charge in [0, 0.05) is 6.42 Å². The van der Waals surface area contributed by atoms with Crippen LogP contribution in [0, 0.1) is 46.3 Å². The summed E-state index contributed by atoms with van der Waals surface area (Å²) in [6.07, 6.45) is 11.4. The minimum Gasteiger partial charge on any atom is -0.481 e. The Hall–Kier alpha value is -0.570. The molecule has 4 saturated carbocycles. The van der Waals surface area contributed by atoms with E-state index >= 15 is 0 Å². The van der Waals surface area contributed by atoms with Gasteiger partial charge in [-0.1, -0.05) is 33.6 Å². The lowest BCUT2D eigenvalue weighted by Crippen LogP contribution is -2.57. The summed E-state index contributed by atoms with van der Waals surface area (Å²) in [5.41, 5.74) is 0.670. The summed E-state index contributed by atoms with van der Waals surface area (Å²) in [4.78, 5) is 11.3. The molecule has 0 aromatic heterocycles. The molecule has 4 fully saturated rings. The van der Waals surface area contributed by atoms with E-state index in [1.807, 2.05) is 0 Å². The highest BCUT2D eigenvalue weighted by atomic mass is 16.4. The van der Waals surface area contributed by atoms with Gasteiger partial charge in [0.1, 0.15) is 0 Å². The van der Waals surface area contributed by atoms with E-state index in [1.54, 1.807) is 0 Å². The Morgan fingerprint density at radius 2 is 1.77 bits per heavy atom. The Kier molecular flexibility index (Phi) is 4.69. The van der Waals surface area contributed by atoms with Gasteiger partial charge in [-0.25, -0.2) is 0 Å². The van der Waals surface area contributed by atoms with E-state index in [2.05, 4.69) is 20.8 Å². The molecule has 0 aliphatic heterocycles. The predicted molar refractivity (Wildman–Crippen MR) is 103 cm³/mol. The Balaban J connectivity index is 1.60. The molecule has 148 valence electrons. The molecule has 0 aromatic carbocycles. The highest BCUT2D eigenvalue weighted by Crippen LogP contribution is 2.68. The molecule has 0 radical (unpaired) electrons. The first kappa shape index (κ1) is 18.8. The maximum absolute atomic E-state index is 11.3. The fourth-order valence-corrected chi connectivity index (χ4v) is 8.65. The lowest BCUT2D eigenvalue weighted by molar-refractivity contribution is -0.165. The summed E-state index contributed by atoms with van der Waals surface area (Å²) in [6.45, 7) is 7.13. The molecule has 4 rings (SSSR count). The van der Waals surface area contributed by atoms with E-state index in [4.69, 9.17) is 0 Å². The van der Waals surface area contributed by atoms with E-state index in [0.29, 0.717) is 35.5 Å². The van der Waals surface area contributed by atoms with E-state index in [9.17, 15) is 15.0 Å². The van der Waals surface area contributed by atoms with Crippen LogP contribution in [0.5, 0.6) is 0 Å². The van der Waals surface area contributed by atoms with E-state index in [0.717, 1.165) is 18.8 Å². The number of hydrogen-bond donors (Lipinski definition) is 2. The minimum atomic E-state index is -0.659. The molecule has 0 amide bonds. The second kappa shape index (κ2) is 6.50. The van der Waals surface area contributed by atoms with Gasteiger partial charge in [0.15, 0.2) is 0 Å². The summed E-state index contributed by atoms with van der Waals surface area (Å²) < 4.78 is 0. The van der Waals surface area contributed by atoms with Crippen molar-refractivity contribution < 1.29 is 15.0 Å². The molecule has 2 N–H and O–H groups in total. The number of aliphatic hydroxyl groups excluding tert-OH is 1. The molecule has 26 heavy (non-hydrogen) atoms. The fourth-order valence-electron chi connectivity index (χ4n) is 8.65. The van der Waals surface area contributed by atoms with Crippen LogP contribution in [0.3, 0.4) is 0 Å². The van der Waals surface area contributed by atoms with Crippen molar-refractivity contribution in [3.05, 3.63) is 0 Å². The molecular weight excluding hydrogens is 324 g/mol. The van der Waals surface area contributed by atoms with Crippen molar-refractivity contribution in [1.82, 2.24) is 0 Å². The summed E-state index contributed by atoms with van der Waals surface area (Å²) in [5, 5.41) is 20.5. The molecule has 0 bridgehead atoms. The topological polar surface area (TPSA) is 57.5 Å². The van der Waals surface area contributed by atoms with Crippen LogP contribution in [0.1, 0.15) is 85.0 Å². The molecule has 3 nitrogen and oxygen atoms in total. The quantitative estimate of drug-likeness (QED) is 0.733. The van der Waals surface area contributed by atoms with Crippen molar-refractivity contribution in [3.63, 3.8) is 0 Å². The third-order valence-corrected chi connectivity index (χ3v) is 9.86. The van der Waals surface area contributed by atoms with Gasteiger partial charge in [0.2, 0.25) is 0 Å². The first-order valence-electron chi connectivity index (χ1n) is 11.2. The maximum Gasteiger partial charge on any atom is 0.303 e. The SMILES string of the molecule is CC(CC(=O)O)[C@H]1CCC2C3C(CC[C@@]21C)[C@@]1(C)CCCCC1C[C@@H]3O. The third-order valence-electron chi connectivity index (χ3n) is 9.86. The predicted octanol–water partition coefficient (Wildman–Crippen LogP) is 5.12. The largest absolute Gasteiger partial charge is 0.481 e. The maximum atomic E-state index is 11.3. The summed E-state index contributed by atoms with van der Waals surface area (Å²) in [6, 6.07) is 0. The normalized spacial score (nSPS) is 51.8. The molecule has 5 unspecified atom stereocenters. The number of carboxylic acids is 1. The lowest BCUT2D eigenvalue weighted by atomic mass is 9.44. The average molecular weight is 363 g/mol. The van der Waals surface area contributed by atoms with Gasteiger partial charge >= 0.3 is 5.97 Å². The zero-order chi connectivity index (χ0) is 18.7. The van der Waals surface area contributed by atoms with Crippen LogP contribution in [-0.2, 0) is 4.79 Å². The molecule has 4 aliphatic rings. The highest BCUT2D eigenvalue weighted by molar-refractivity contribution is 5.67. The first-order chi connectivity index (χ1) is 12.3. The fraction of sp³-hybridized carbons (Fsp3) is 0.957. The van der Waals surface area contributed by atoms with Crippen molar-refractivity contribution in [2.24, 2.45) is 46.3 Å². The molecular formula is C23H38O3. The summed E-state index contributed by atoms with van der Waals surface area (Å²) in [5.74, 6) is 2.55. The molecule has 0 heterocycles. The molecule has 9 atom stereocenters. The van der Waals surface area contributed by atoms with Crippen LogP contribution < -0.4 is 0 Å². The third kappa shape index (κ3) is 2.67. The Morgan fingerprint density at radius 1 is 1.04 bits per heavy atom. The van der Waals surface area contributed by atoms with Crippen molar-refractivity contribution >= 4 is 5.97 Å². The van der Waals surface area contributed by atoms with Gasteiger partial charge < -0.3 is 10.2 Å². The van der Waals surface area contributed by atoms with Crippen molar-refractivity contribution in [2.45, 2.75) is 91.1 Å². The van der Waals surface area contributed by atoms with Gasteiger partial charge in [-0.15, -0.1) is 0 Å². The number of aliphatic carboxylic acids is 1. The van der Waals surface area contributed by atoms with Gasteiger partial charge in [-0.05, 0) is 91.3 Å². The van der Waals surface area contributed by atoms with Crippen LogP contribution in [-0.4, -0.2) is 22.3 Å².